The van der Waals surface area contributed by atoms with Crippen LogP contribution < -0.4 is 10.2 Å². The minimum Gasteiger partial charge on any atom is -0.411 e. The van der Waals surface area contributed by atoms with Crippen molar-refractivity contribution in [3.8, 4) is 11.5 Å². The van der Waals surface area contributed by atoms with Gasteiger partial charge in [0.1, 0.15) is 5.56 Å². The molecular formula is C22H20F3N5O4S. The summed E-state index contributed by atoms with van der Waals surface area (Å²) in [6, 6.07) is 9.18. The van der Waals surface area contributed by atoms with E-state index in [9.17, 15) is 28.1 Å². The lowest BCUT2D eigenvalue weighted by Crippen LogP contribution is -2.30. The van der Waals surface area contributed by atoms with Crippen molar-refractivity contribution < 1.29 is 27.3 Å². The molecule has 1 fully saturated rings. The number of nitrogens with zero attached hydrogens (tertiary/aromatic N) is 4. The second-order valence-electron chi connectivity index (χ2n) is 7.76. The van der Waals surface area contributed by atoms with E-state index in [0.29, 0.717) is 18.8 Å². The van der Waals surface area contributed by atoms with Gasteiger partial charge in [-0.2, -0.15) is 13.2 Å². The number of hydrogen-bond donors (Lipinski definition) is 1. The van der Waals surface area contributed by atoms with Gasteiger partial charge in [-0.15, -0.1) is 10.2 Å². The van der Waals surface area contributed by atoms with Crippen LogP contribution in [0.1, 0.15) is 24.8 Å². The summed E-state index contributed by atoms with van der Waals surface area (Å²) in [5, 5.41) is 21.4. The third kappa shape index (κ3) is 5.91. The van der Waals surface area contributed by atoms with Gasteiger partial charge in [-0.1, -0.05) is 23.9 Å². The van der Waals surface area contributed by atoms with E-state index in [1.807, 2.05) is 4.90 Å². The van der Waals surface area contributed by atoms with E-state index >= 15 is 0 Å². The molecule has 1 aromatic heterocycles. The number of piperidine rings is 1. The molecule has 1 saturated heterocycles. The van der Waals surface area contributed by atoms with Crippen LogP contribution >= 0.6 is 11.8 Å². The first-order valence-electron chi connectivity index (χ1n) is 10.7. The van der Waals surface area contributed by atoms with Gasteiger partial charge in [-0.25, -0.2) is 0 Å². The van der Waals surface area contributed by atoms with Crippen molar-refractivity contribution in [3.05, 3.63) is 58.1 Å². The maximum atomic E-state index is 13.3. The molecule has 1 aliphatic rings. The molecule has 2 aromatic carbocycles. The van der Waals surface area contributed by atoms with Gasteiger partial charge in [0.15, 0.2) is 0 Å². The van der Waals surface area contributed by atoms with Crippen molar-refractivity contribution >= 4 is 34.7 Å². The molecule has 3 aromatic rings. The van der Waals surface area contributed by atoms with E-state index in [1.54, 1.807) is 6.07 Å². The maximum absolute atomic E-state index is 13.3. The molecule has 1 amide bonds. The van der Waals surface area contributed by atoms with Crippen LogP contribution in [0.4, 0.5) is 30.2 Å². The third-order valence-corrected chi connectivity index (χ3v) is 6.18. The Morgan fingerprint density at radius 1 is 1.14 bits per heavy atom. The monoisotopic (exact) mass is 507 g/mol. The van der Waals surface area contributed by atoms with Gasteiger partial charge in [-0.3, -0.25) is 14.9 Å². The van der Waals surface area contributed by atoms with Gasteiger partial charge in [0.25, 0.3) is 16.8 Å². The molecule has 0 spiro atoms. The predicted octanol–water partition coefficient (Wildman–Crippen LogP) is 5.38. The summed E-state index contributed by atoms with van der Waals surface area (Å²) in [5.41, 5.74) is -0.310. The number of hydrogen-bond acceptors (Lipinski definition) is 8. The Morgan fingerprint density at radius 3 is 2.60 bits per heavy atom. The third-order valence-electron chi connectivity index (χ3n) is 5.36. The minimum atomic E-state index is -4.55. The summed E-state index contributed by atoms with van der Waals surface area (Å²) in [6.07, 6.45) is -1.66. The number of para-hydroxylation sites is 1. The van der Waals surface area contributed by atoms with Gasteiger partial charge < -0.3 is 14.6 Å². The first-order valence-corrected chi connectivity index (χ1v) is 11.7. The van der Waals surface area contributed by atoms with Gasteiger partial charge in [0, 0.05) is 19.2 Å². The zero-order chi connectivity index (χ0) is 25.0. The molecule has 0 bridgehead atoms. The average molecular weight is 507 g/mol. The number of rotatable bonds is 7. The molecule has 184 valence electrons. The molecule has 35 heavy (non-hydrogen) atoms. The van der Waals surface area contributed by atoms with Crippen molar-refractivity contribution in [1.82, 2.24) is 10.2 Å². The molecule has 2 heterocycles. The Balaban J connectivity index is 1.47. The normalized spacial score (nSPS) is 14.1. The zero-order valence-corrected chi connectivity index (χ0v) is 19.1. The molecule has 1 aliphatic heterocycles. The van der Waals surface area contributed by atoms with E-state index < -0.39 is 22.6 Å². The number of nitro groups is 1. The Morgan fingerprint density at radius 2 is 1.89 bits per heavy atom. The minimum absolute atomic E-state index is 0.00593. The topological polar surface area (TPSA) is 114 Å². The van der Waals surface area contributed by atoms with Crippen LogP contribution in [-0.4, -0.2) is 39.9 Å². The predicted molar refractivity (Wildman–Crippen MR) is 123 cm³/mol. The van der Waals surface area contributed by atoms with Gasteiger partial charge in [0.2, 0.25) is 5.91 Å². The van der Waals surface area contributed by atoms with Crippen LogP contribution in [-0.2, 0) is 11.0 Å². The fourth-order valence-electron chi connectivity index (χ4n) is 3.73. The molecule has 4 rings (SSSR count). The standard InChI is InChI=1S/C22H20F3N5O4S/c23-22(24,25)14-8-9-18(29-10-4-1-5-11-29)16(12-14)26-19(31)13-35-21-28-27-20(34-21)15-6-2-3-7-17(15)30(32)33/h2-3,6-9,12H,1,4-5,10-11,13H2,(H,26,31). The highest BCUT2D eigenvalue weighted by atomic mass is 32.2. The van der Waals surface area contributed by atoms with Crippen molar-refractivity contribution in [2.45, 2.75) is 30.7 Å². The van der Waals surface area contributed by atoms with Gasteiger partial charge >= 0.3 is 6.18 Å². The van der Waals surface area contributed by atoms with Crippen LogP contribution in [0.2, 0.25) is 0 Å². The number of benzene rings is 2. The summed E-state index contributed by atoms with van der Waals surface area (Å²) < 4.78 is 45.3. The highest BCUT2D eigenvalue weighted by Gasteiger charge is 2.32. The summed E-state index contributed by atoms with van der Waals surface area (Å²) in [5.74, 6) is -0.850. The molecule has 1 N–H and O–H groups in total. The number of carbonyl (C=O) groups is 1. The Labute approximate surface area is 201 Å². The Bertz CT molecular complexity index is 1230. The lowest BCUT2D eigenvalue weighted by Gasteiger charge is -2.31. The van der Waals surface area contributed by atoms with Crippen molar-refractivity contribution in [1.29, 1.82) is 0 Å². The van der Waals surface area contributed by atoms with Gasteiger partial charge in [0.05, 0.1) is 27.6 Å². The molecule has 0 saturated carbocycles. The van der Waals surface area contributed by atoms with E-state index in [0.717, 1.165) is 43.2 Å². The number of anilines is 2. The molecule has 13 heteroatoms. The van der Waals surface area contributed by atoms with Crippen molar-refractivity contribution in [2.24, 2.45) is 0 Å². The highest BCUT2D eigenvalue weighted by Crippen LogP contribution is 2.37. The summed E-state index contributed by atoms with van der Waals surface area (Å²) in [4.78, 5) is 25.2. The number of aromatic nitrogens is 2. The fraction of sp³-hybridized carbons (Fsp3) is 0.318. The van der Waals surface area contributed by atoms with Crippen LogP contribution in [0, 0.1) is 10.1 Å². The molecular weight excluding hydrogens is 487 g/mol. The number of halogens is 3. The number of nitro benzene ring substituents is 1. The highest BCUT2D eigenvalue weighted by molar-refractivity contribution is 7.99. The number of nitrogens with one attached hydrogen (secondary N) is 1. The Kier molecular flexibility index (Phi) is 7.24. The number of amides is 1. The molecule has 0 aliphatic carbocycles. The fourth-order valence-corrected chi connectivity index (χ4v) is 4.29. The van der Waals surface area contributed by atoms with Gasteiger partial charge in [-0.05, 0) is 43.5 Å². The molecule has 0 radical (unpaired) electrons. The van der Waals surface area contributed by atoms with Crippen LogP contribution in [0.5, 0.6) is 0 Å². The summed E-state index contributed by atoms with van der Waals surface area (Å²) in [6.45, 7) is 1.39. The summed E-state index contributed by atoms with van der Waals surface area (Å²) >= 11 is 0.871. The SMILES string of the molecule is O=C(CSc1nnc(-c2ccccc2[N+](=O)[O-])o1)Nc1cc(C(F)(F)F)ccc1N1CCCCC1. The van der Waals surface area contributed by atoms with Crippen LogP contribution in [0.3, 0.4) is 0 Å². The first kappa shape index (κ1) is 24.5. The molecule has 0 unspecified atom stereocenters. The lowest BCUT2D eigenvalue weighted by atomic mass is 10.1. The molecule has 0 atom stereocenters. The number of thioether (sulfide) groups is 1. The van der Waals surface area contributed by atoms with Crippen molar-refractivity contribution in [3.63, 3.8) is 0 Å². The number of alkyl halides is 3. The lowest BCUT2D eigenvalue weighted by molar-refractivity contribution is -0.384. The van der Waals surface area contributed by atoms with E-state index in [2.05, 4.69) is 15.5 Å². The zero-order valence-electron chi connectivity index (χ0n) is 18.2. The number of carbonyl (C=O) groups excluding carboxylic acids is 1. The van der Waals surface area contributed by atoms with E-state index in [1.165, 1.54) is 24.3 Å². The smallest absolute Gasteiger partial charge is 0.411 e. The van der Waals surface area contributed by atoms with Crippen molar-refractivity contribution in [2.75, 3.05) is 29.1 Å². The summed E-state index contributed by atoms with van der Waals surface area (Å²) in [7, 11) is 0. The van der Waals surface area contributed by atoms with E-state index in [4.69, 9.17) is 4.42 Å². The van der Waals surface area contributed by atoms with Crippen LogP contribution in [0.25, 0.3) is 11.5 Å². The second kappa shape index (κ2) is 10.3. The Hall–Kier alpha value is -3.61. The van der Waals surface area contributed by atoms with E-state index in [-0.39, 0.29) is 33.8 Å². The van der Waals surface area contributed by atoms with Crippen LogP contribution in [0.15, 0.2) is 52.1 Å². The average Bonchev–Trinajstić information content (AvgIpc) is 3.32. The largest absolute Gasteiger partial charge is 0.416 e. The molecule has 9 nitrogen and oxygen atoms in total. The quantitative estimate of drug-likeness (QED) is 0.257. The second-order valence-corrected chi connectivity index (χ2v) is 8.69. The first-order chi connectivity index (χ1) is 16.7. The maximum Gasteiger partial charge on any atom is 0.416 e.